The van der Waals surface area contributed by atoms with Crippen LogP contribution in [0.25, 0.3) is 0 Å². The number of hydrogen-bond donors (Lipinski definition) is 2. The molecule has 1 rings (SSSR count). The van der Waals surface area contributed by atoms with Crippen molar-refractivity contribution < 1.29 is 5.11 Å². The Hall–Kier alpha value is -0.870. The molecule has 0 bridgehead atoms. The molecular weight excluding hydrogens is 226 g/mol. The molecule has 0 amide bonds. The van der Waals surface area contributed by atoms with Gasteiger partial charge in [-0.05, 0) is 33.6 Å². The fourth-order valence-electron chi connectivity index (χ4n) is 1.82. The van der Waals surface area contributed by atoms with Gasteiger partial charge < -0.3 is 10.4 Å². The van der Waals surface area contributed by atoms with Crippen LogP contribution in [0.2, 0.25) is 0 Å². The molecule has 18 heavy (non-hydrogen) atoms. The minimum absolute atomic E-state index is 0.210. The summed E-state index contributed by atoms with van der Waals surface area (Å²) < 4.78 is 1.96. The average Bonchev–Trinajstić information content (AvgIpc) is 2.85. The zero-order valence-electron chi connectivity index (χ0n) is 12.3. The van der Waals surface area contributed by atoms with Gasteiger partial charge in [0.15, 0.2) is 0 Å². The molecule has 1 aromatic heterocycles. The number of nitrogens with zero attached hydrogens (tertiary/aromatic N) is 2. The van der Waals surface area contributed by atoms with Gasteiger partial charge in [0.1, 0.15) is 0 Å². The van der Waals surface area contributed by atoms with Gasteiger partial charge in [0.2, 0.25) is 0 Å². The van der Waals surface area contributed by atoms with Gasteiger partial charge in [-0.25, -0.2) is 0 Å². The smallest absolute Gasteiger partial charge is 0.0766 e. The molecule has 1 aromatic rings. The molecule has 0 aliphatic rings. The molecule has 104 valence electrons. The van der Waals surface area contributed by atoms with Gasteiger partial charge in [0, 0.05) is 30.4 Å². The average molecular weight is 253 g/mol. The van der Waals surface area contributed by atoms with Gasteiger partial charge in [-0.3, -0.25) is 4.68 Å². The summed E-state index contributed by atoms with van der Waals surface area (Å²) in [7, 11) is 0. The summed E-state index contributed by atoms with van der Waals surface area (Å²) in [6, 6.07) is 0.594. The quantitative estimate of drug-likeness (QED) is 0.785. The van der Waals surface area contributed by atoms with Crippen LogP contribution in [-0.2, 0) is 0 Å². The Morgan fingerprint density at radius 3 is 2.39 bits per heavy atom. The van der Waals surface area contributed by atoms with E-state index in [1.807, 2.05) is 24.7 Å². The van der Waals surface area contributed by atoms with Gasteiger partial charge in [-0.2, -0.15) is 5.10 Å². The number of aromatic nitrogens is 2. The lowest BCUT2D eigenvalue weighted by Gasteiger charge is -2.27. The van der Waals surface area contributed by atoms with Crippen molar-refractivity contribution in [3.8, 4) is 0 Å². The standard InChI is InChI=1S/C14H27N3O/c1-6-14(18,7-2)10-15-12(5)13-8-16-17(9-13)11(3)4/h8-9,11-12,15,18H,6-7,10H2,1-5H3. The second-order valence-electron chi connectivity index (χ2n) is 5.38. The molecule has 2 N–H and O–H groups in total. The maximum atomic E-state index is 10.2. The number of rotatable bonds is 7. The summed E-state index contributed by atoms with van der Waals surface area (Å²) >= 11 is 0. The molecule has 4 heteroatoms. The monoisotopic (exact) mass is 253 g/mol. The minimum atomic E-state index is -0.595. The summed E-state index contributed by atoms with van der Waals surface area (Å²) in [6.07, 6.45) is 5.51. The summed E-state index contributed by atoms with van der Waals surface area (Å²) in [6.45, 7) is 11.0. The molecule has 1 unspecified atom stereocenters. The SMILES string of the molecule is CCC(O)(CC)CNC(C)c1cnn(C(C)C)c1. The van der Waals surface area contributed by atoms with Crippen LogP contribution in [0.3, 0.4) is 0 Å². The van der Waals surface area contributed by atoms with Crippen LogP contribution in [-0.4, -0.2) is 27.0 Å². The van der Waals surface area contributed by atoms with Gasteiger partial charge in [0.05, 0.1) is 11.8 Å². The van der Waals surface area contributed by atoms with Crippen molar-refractivity contribution in [2.45, 2.75) is 65.1 Å². The predicted octanol–water partition coefficient (Wildman–Crippen LogP) is 2.67. The maximum absolute atomic E-state index is 10.2. The largest absolute Gasteiger partial charge is 0.389 e. The zero-order valence-corrected chi connectivity index (χ0v) is 12.3. The number of hydrogen-bond acceptors (Lipinski definition) is 3. The maximum Gasteiger partial charge on any atom is 0.0766 e. The van der Waals surface area contributed by atoms with E-state index in [1.54, 1.807) is 0 Å². The van der Waals surface area contributed by atoms with E-state index in [0.717, 1.165) is 12.8 Å². The van der Waals surface area contributed by atoms with Crippen molar-refractivity contribution in [3.05, 3.63) is 18.0 Å². The third-order valence-electron chi connectivity index (χ3n) is 3.70. The zero-order chi connectivity index (χ0) is 13.8. The van der Waals surface area contributed by atoms with Crippen molar-refractivity contribution in [3.63, 3.8) is 0 Å². The van der Waals surface area contributed by atoms with E-state index in [9.17, 15) is 5.11 Å². The lowest BCUT2D eigenvalue weighted by atomic mass is 9.97. The van der Waals surface area contributed by atoms with E-state index in [4.69, 9.17) is 0 Å². The first kappa shape index (κ1) is 15.2. The van der Waals surface area contributed by atoms with Crippen LogP contribution < -0.4 is 5.32 Å². The Morgan fingerprint density at radius 1 is 1.33 bits per heavy atom. The summed E-state index contributed by atoms with van der Waals surface area (Å²) in [5.41, 5.74) is 0.570. The van der Waals surface area contributed by atoms with Gasteiger partial charge in [0.25, 0.3) is 0 Å². The Bertz CT molecular complexity index is 356. The van der Waals surface area contributed by atoms with E-state index in [0.29, 0.717) is 12.6 Å². The third-order valence-corrected chi connectivity index (χ3v) is 3.70. The topological polar surface area (TPSA) is 50.1 Å². The van der Waals surface area contributed by atoms with E-state index >= 15 is 0 Å². The lowest BCUT2D eigenvalue weighted by Crippen LogP contribution is -2.40. The Kier molecular flexibility index (Phi) is 5.35. The van der Waals surface area contributed by atoms with E-state index < -0.39 is 5.60 Å². The third kappa shape index (κ3) is 3.82. The normalized spacial score (nSPS) is 14.2. The summed E-state index contributed by atoms with van der Waals surface area (Å²) in [5, 5.41) is 18.0. The fraction of sp³-hybridized carbons (Fsp3) is 0.786. The number of aliphatic hydroxyl groups is 1. The highest BCUT2D eigenvalue weighted by Gasteiger charge is 2.22. The first-order valence-electron chi connectivity index (χ1n) is 6.91. The van der Waals surface area contributed by atoms with Gasteiger partial charge in [-0.1, -0.05) is 13.8 Å². The molecule has 0 aromatic carbocycles. The Balaban J connectivity index is 2.57. The second-order valence-corrected chi connectivity index (χ2v) is 5.38. The van der Waals surface area contributed by atoms with E-state index in [2.05, 4.69) is 37.4 Å². The first-order valence-corrected chi connectivity index (χ1v) is 6.91. The highest BCUT2D eigenvalue weighted by atomic mass is 16.3. The van der Waals surface area contributed by atoms with Gasteiger partial charge in [-0.15, -0.1) is 0 Å². The predicted molar refractivity (Wildman–Crippen MR) is 74.6 cm³/mol. The van der Waals surface area contributed by atoms with Crippen molar-refractivity contribution >= 4 is 0 Å². The Labute approximate surface area is 110 Å². The molecule has 0 fully saturated rings. The number of nitrogens with one attached hydrogen (secondary N) is 1. The molecule has 0 saturated carbocycles. The van der Waals surface area contributed by atoms with Crippen LogP contribution in [0.5, 0.6) is 0 Å². The van der Waals surface area contributed by atoms with Crippen LogP contribution in [0.4, 0.5) is 0 Å². The molecule has 1 heterocycles. The van der Waals surface area contributed by atoms with Crippen molar-refractivity contribution in [1.29, 1.82) is 0 Å². The first-order chi connectivity index (χ1) is 8.41. The van der Waals surface area contributed by atoms with E-state index in [-0.39, 0.29) is 6.04 Å². The molecular formula is C14H27N3O. The highest BCUT2D eigenvalue weighted by molar-refractivity contribution is 5.09. The molecule has 0 radical (unpaired) electrons. The van der Waals surface area contributed by atoms with Crippen molar-refractivity contribution in [2.24, 2.45) is 0 Å². The second kappa shape index (κ2) is 6.34. The van der Waals surface area contributed by atoms with Crippen molar-refractivity contribution in [2.75, 3.05) is 6.54 Å². The van der Waals surface area contributed by atoms with Crippen LogP contribution >= 0.6 is 0 Å². The molecule has 0 aliphatic heterocycles. The lowest BCUT2D eigenvalue weighted by molar-refractivity contribution is 0.0303. The van der Waals surface area contributed by atoms with Crippen LogP contribution in [0, 0.1) is 0 Å². The van der Waals surface area contributed by atoms with E-state index in [1.165, 1.54) is 5.56 Å². The molecule has 4 nitrogen and oxygen atoms in total. The highest BCUT2D eigenvalue weighted by Crippen LogP contribution is 2.17. The molecule has 0 saturated heterocycles. The molecule has 1 atom stereocenters. The fourth-order valence-corrected chi connectivity index (χ4v) is 1.82. The van der Waals surface area contributed by atoms with Crippen LogP contribution in [0.1, 0.15) is 65.1 Å². The summed E-state index contributed by atoms with van der Waals surface area (Å²) in [4.78, 5) is 0. The summed E-state index contributed by atoms with van der Waals surface area (Å²) in [5.74, 6) is 0. The van der Waals surface area contributed by atoms with Gasteiger partial charge >= 0.3 is 0 Å². The molecule has 0 spiro atoms. The van der Waals surface area contributed by atoms with Crippen LogP contribution in [0.15, 0.2) is 12.4 Å². The minimum Gasteiger partial charge on any atom is -0.389 e. The Morgan fingerprint density at radius 2 is 1.94 bits per heavy atom. The molecule has 0 aliphatic carbocycles. The van der Waals surface area contributed by atoms with Crippen molar-refractivity contribution in [1.82, 2.24) is 15.1 Å².